The molecule has 1 aromatic heterocycles. The minimum atomic E-state index is -4.38. The van der Waals surface area contributed by atoms with Crippen LogP contribution in [0.2, 0.25) is 0 Å². The van der Waals surface area contributed by atoms with Crippen LogP contribution in [0.15, 0.2) is 30.5 Å². The van der Waals surface area contributed by atoms with Crippen molar-refractivity contribution < 1.29 is 22.8 Å². The molecule has 0 spiro atoms. The Balaban J connectivity index is 1.59. The van der Waals surface area contributed by atoms with Crippen LogP contribution in [0.25, 0.3) is 0 Å². The van der Waals surface area contributed by atoms with Crippen molar-refractivity contribution >= 4 is 40.0 Å². The molecule has 26 heavy (non-hydrogen) atoms. The number of thioether (sulfide) groups is 1. The van der Waals surface area contributed by atoms with Crippen LogP contribution in [0.4, 0.5) is 18.3 Å². The van der Waals surface area contributed by atoms with Crippen molar-refractivity contribution in [2.75, 3.05) is 23.5 Å². The Morgan fingerprint density at radius 3 is 2.85 bits per heavy atom. The van der Waals surface area contributed by atoms with E-state index in [4.69, 9.17) is 0 Å². The molecule has 0 unspecified atom stereocenters. The van der Waals surface area contributed by atoms with Gasteiger partial charge in [0.05, 0.1) is 17.2 Å². The van der Waals surface area contributed by atoms with E-state index in [9.17, 15) is 22.8 Å². The van der Waals surface area contributed by atoms with Gasteiger partial charge in [-0.1, -0.05) is 18.2 Å². The summed E-state index contributed by atoms with van der Waals surface area (Å²) < 4.78 is 38.3. The highest BCUT2D eigenvalue weighted by Gasteiger charge is 2.30. The van der Waals surface area contributed by atoms with E-state index in [-0.39, 0.29) is 18.4 Å². The van der Waals surface area contributed by atoms with E-state index >= 15 is 0 Å². The molecule has 0 aliphatic carbocycles. The molecular formula is C16H14F3N3O2S2. The zero-order chi connectivity index (χ0) is 18.7. The van der Waals surface area contributed by atoms with Crippen molar-refractivity contribution in [1.29, 1.82) is 0 Å². The summed E-state index contributed by atoms with van der Waals surface area (Å²) in [5.74, 6) is 0.451. The number of anilines is 1. The lowest BCUT2D eigenvalue weighted by atomic mass is 10.1. The lowest BCUT2D eigenvalue weighted by Gasteiger charge is -2.13. The molecule has 1 aliphatic rings. The number of hydrogen-bond acceptors (Lipinski definition) is 5. The van der Waals surface area contributed by atoms with E-state index in [1.807, 2.05) is 0 Å². The molecule has 0 radical (unpaired) electrons. The Morgan fingerprint density at radius 2 is 2.15 bits per heavy atom. The summed E-state index contributed by atoms with van der Waals surface area (Å²) in [7, 11) is 0. The number of hydrogen-bond donors (Lipinski definition) is 1. The molecule has 2 heterocycles. The van der Waals surface area contributed by atoms with Gasteiger partial charge in [0.15, 0.2) is 5.13 Å². The summed E-state index contributed by atoms with van der Waals surface area (Å²) >= 11 is 2.65. The Morgan fingerprint density at radius 1 is 1.35 bits per heavy atom. The first-order chi connectivity index (χ1) is 12.3. The van der Waals surface area contributed by atoms with Gasteiger partial charge in [0.1, 0.15) is 6.54 Å². The van der Waals surface area contributed by atoms with Gasteiger partial charge in [0.25, 0.3) is 0 Å². The first kappa shape index (κ1) is 18.7. The molecule has 0 saturated carbocycles. The third kappa shape index (κ3) is 4.76. The molecule has 138 valence electrons. The highest BCUT2D eigenvalue weighted by molar-refractivity contribution is 8.00. The molecule has 0 atom stereocenters. The fourth-order valence-corrected chi connectivity index (χ4v) is 4.15. The van der Waals surface area contributed by atoms with Gasteiger partial charge < -0.3 is 10.2 Å². The lowest BCUT2D eigenvalue weighted by molar-refractivity contribution is -0.137. The van der Waals surface area contributed by atoms with Crippen molar-refractivity contribution in [1.82, 2.24) is 9.88 Å². The molecule has 10 heteroatoms. The second-order valence-corrected chi connectivity index (χ2v) is 7.69. The molecule has 1 fully saturated rings. The Labute approximate surface area is 155 Å². The number of carbonyl (C=O) groups excluding carboxylic acids is 2. The quantitative estimate of drug-likeness (QED) is 0.836. The van der Waals surface area contributed by atoms with Crippen LogP contribution in [0, 0.1) is 0 Å². The highest BCUT2D eigenvalue weighted by atomic mass is 32.2. The first-order valence-corrected chi connectivity index (χ1v) is 9.54. The average molecular weight is 401 g/mol. The average Bonchev–Trinajstić information content (AvgIpc) is 3.16. The minimum Gasteiger partial charge on any atom is -0.323 e. The number of carbonyl (C=O) groups is 2. The maximum atomic E-state index is 12.8. The zero-order valence-electron chi connectivity index (χ0n) is 13.4. The third-order valence-corrected chi connectivity index (χ3v) is 5.45. The summed E-state index contributed by atoms with van der Waals surface area (Å²) in [4.78, 5) is 29.7. The van der Waals surface area contributed by atoms with E-state index in [1.165, 1.54) is 40.3 Å². The largest absolute Gasteiger partial charge is 0.416 e. The maximum Gasteiger partial charge on any atom is 0.416 e. The van der Waals surface area contributed by atoms with E-state index in [2.05, 4.69) is 10.3 Å². The van der Waals surface area contributed by atoms with Crippen LogP contribution < -0.4 is 5.32 Å². The maximum absolute atomic E-state index is 12.8. The van der Waals surface area contributed by atoms with Crippen LogP contribution in [-0.2, 0) is 22.2 Å². The number of benzene rings is 1. The summed E-state index contributed by atoms with van der Waals surface area (Å²) in [6, 6.07) is 5.12. The second-order valence-electron chi connectivity index (χ2n) is 5.62. The number of amides is 2. The second kappa shape index (κ2) is 7.67. The fourth-order valence-electron chi connectivity index (χ4n) is 2.38. The molecule has 5 nitrogen and oxygen atoms in total. The molecule has 1 saturated heterocycles. The Hall–Kier alpha value is -2.07. The monoisotopic (exact) mass is 401 g/mol. The summed E-state index contributed by atoms with van der Waals surface area (Å²) in [5, 5.41) is 2.97. The van der Waals surface area contributed by atoms with Crippen LogP contribution >= 0.6 is 23.1 Å². The number of thiazole rings is 1. The van der Waals surface area contributed by atoms with Gasteiger partial charge in [0, 0.05) is 17.5 Å². The van der Waals surface area contributed by atoms with Crippen molar-refractivity contribution in [3.63, 3.8) is 0 Å². The van der Waals surface area contributed by atoms with Gasteiger partial charge in [-0.25, -0.2) is 4.98 Å². The molecule has 3 rings (SSSR count). The number of nitrogens with zero attached hydrogens (tertiary/aromatic N) is 2. The van der Waals surface area contributed by atoms with Crippen molar-refractivity contribution in [2.45, 2.75) is 12.6 Å². The van der Waals surface area contributed by atoms with Crippen LogP contribution in [-0.4, -0.2) is 39.9 Å². The van der Waals surface area contributed by atoms with E-state index in [0.717, 1.165) is 17.0 Å². The minimum absolute atomic E-state index is 0.0334. The van der Waals surface area contributed by atoms with E-state index < -0.39 is 11.7 Å². The van der Waals surface area contributed by atoms with Gasteiger partial charge in [-0.05, 0) is 11.6 Å². The predicted octanol–water partition coefficient (Wildman–Crippen LogP) is 3.22. The SMILES string of the molecule is O=C(CN1CSCC1=O)Nc1ncc(Cc2cccc(C(F)(F)F)c2)s1. The number of rotatable bonds is 5. The number of alkyl halides is 3. The van der Waals surface area contributed by atoms with E-state index in [1.54, 1.807) is 6.07 Å². The van der Waals surface area contributed by atoms with Gasteiger partial charge in [0.2, 0.25) is 11.8 Å². The van der Waals surface area contributed by atoms with Crippen molar-refractivity contribution in [3.8, 4) is 0 Å². The van der Waals surface area contributed by atoms with Crippen LogP contribution in [0.3, 0.4) is 0 Å². The summed E-state index contributed by atoms with van der Waals surface area (Å²) in [6.07, 6.45) is -2.57. The molecule has 1 N–H and O–H groups in total. The molecule has 1 aromatic carbocycles. The van der Waals surface area contributed by atoms with Crippen LogP contribution in [0.5, 0.6) is 0 Å². The summed E-state index contributed by atoms with van der Waals surface area (Å²) in [6.45, 7) is -0.0334. The fraction of sp³-hybridized carbons (Fsp3) is 0.312. The topological polar surface area (TPSA) is 62.3 Å². The summed E-state index contributed by atoms with van der Waals surface area (Å²) in [5.41, 5.74) is -0.178. The molecular weight excluding hydrogens is 387 g/mol. The number of halogens is 3. The number of aromatic nitrogens is 1. The molecule has 1 aliphatic heterocycles. The Kier molecular flexibility index (Phi) is 5.52. The van der Waals surface area contributed by atoms with Gasteiger partial charge in [-0.15, -0.1) is 23.1 Å². The smallest absolute Gasteiger partial charge is 0.323 e. The molecule has 2 aromatic rings. The van der Waals surface area contributed by atoms with Crippen molar-refractivity contribution in [2.24, 2.45) is 0 Å². The Bertz CT molecular complexity index is 823. The standard InChI is InChI=1S/C16H14F3N3O2S2/c17-16(18,19)11-3-1-2-10(4-11)5-12-6-20-15(26-12)21-13(23)7-22-9-25-8-14(22)24/h1-4,6H,5,7-9H2,(H,20,21,23). The highest BCUT2D eigenvalue weighted by Crippen LogP contribution is 2.30. The lowest BCUT2D eigenvalue weighted by Crippen LogP contribution is -2.34. The van der Waals surface area contributed by atoms with Gasteiger partial charge in [-0.3, -0.25) is 9.59 Å². The third-order valence-electron chi connectivity index (χ3n) is 3.59. The van der Waals surface area contributed by atoms with Crippen molar-refractivity contribution in [3.05, 3.63) is 46.5 Å². The first-order valence-electron chi connectivity index (χ1n) is 7.57. The normalized spacial score (nSPS) is 14.7. The van der Waals surface area contributed by atoms with Gasteiger partial charge in [-0.2, -0.15) is 13.2 Å². The van der Waals surface area contributed by atoms with E-state index in [0.29, 0.717) is 28.7 Å². The van der Waals surface area contributed by atoms with Gasteiger partial charge >= 0.3 is 6.18 Å². The molecule has 2 amide bonds. The number of nitrogens with one attached hydrogen (secondary N) is 1. The molecule has 0 bridgehead atoms. The zero-order valence-corrected chi connectivity index (χ0v) is 15.0. The van der Waals surface area contributed by atoms with Crippen LogP contribution in [0.1, 0.15) is 16.0 Å². The predicted molar refractivity (Wildman–Crippen MR) is 94.0 cm³/mol.